The highest BCUT2D eigenvalue weighted by Gasteiger charge is 2.28. The normalized spacial score (nSPS) is 12.3. The van der Waals surface area contributed by atoms with Gasteiger partial charge < -0.3 is 15.0 Å². The van der Waals surface area contributed by atoms with Crippen molar-refractivity contribution < 1.29 is 18.7 Å². The molecule has 3 rings (SSSR count). The van der Waals surface area contributed by atoms with Crippen LogP contribution in [0.5, 0.6) is 5.75 Å². The third-order valence-corrected chi connectivity index (χ3v) is 5.03. The van der Waals surface area contributed by atoms with Crippen LogP contribution in [-0.4, -0.2) is 34.9 Å². The number of benzene rings is 3. The lowest BCUT2D eigenvalue weighted by Crippen LogP contribution is -2.53. The molecule has 168 valence electrons. The van der Waals surface area contributed by atoms with Crippen molar-refractivity contribution in [3.05, 3.63) is 78.1 Å². The summed E-state index contributed by atoms with van der Waals surface area (Å²) in [6, 6.07) is 18.6. The van der Waals surface area contributed by atoms with E-state index in [4.69, 9.17) is 4.74 Å². The number of carbonyl (C=O) groups excluding carboxylic acids is 2. The molecule has 0 aliphatic rings. The smallest absolute Gasteiger partial charge is 0.261 e. The minimum Gasteiger partial charge on any atom is -0.483 e. The summed E-state index contributed by atoms with van der Waals surface area (Å²) in [4.78, 5) is 27.4. The summed E-state index contributed by atoms with van der Waals surface area (Å²) in [5.41, 5.74) is 0.287. The van der Waals surface area contributed by atoms with Crippen molar-refractivity contribution in [1.82, 2.24) is 10.2 Å². The molecule has 5 nitrogen and oxygen atoms in total. The first-order chi connectivity index (χ1) is 15.1. The van der Waals surface area contributed by atoms with Gasteiger partial charge in [0.05, 0.1) is 0 Å². The maximum absolute atomic E-state index is 13.3. The van der Waals surface area contributed by atoms with Gasteiger partial charge in [0.25, 0.3) is 5.91 Å². The molecule has 1 N–H and O–H groups in total. The second kappa shape index (κ2) is 9.81. The molecule has 0 fully saturated rings. The number of fused-ring (bicyclic) bond motifs is 1. The lowest BCUT2D eigenvalue weighted by atomic mass is 10.1. The van der Waals surface area contributed by atoms with Crippen LogP contribution >= 0.6 is 0 Å². The summed E-state index contributed by atoms with van der Waals surface area (Å²) in [5.74, 6) is -0.355. The number of carbonyl (C=O) groups is 2. The highest BCUT2D eigenvalue weighted by Crippen LogP contribution is 2.25. The molecule has 1 atom stereocenters. The molecule has 0 saturated heterocycles. The fraction of sp³-hybridized carbons (Fsp3) is 0.308. The Bertz CT molecular complexity index is 1080. The minimum absolute atomic E-state index is 0.163. The summed E-state index contributed by atoms with van der Waals surface area (Å²) in [5, 5.41) is 4.83. The van der Waals surface area contributed by atoms with Gasteiger partial charge in [-0.3, -0.25) is 9.59 Å². The second-order valence-corrected chi connectivity index (χ2v) is 8.83. The van der Waals surface area contributed by atoms with E-state index in [-0.39, 0.29) is 30.8 Å². The largest absolute Gasteiger partial charge is 0.483 e. The molecule has 0 bridgehead atoms. The van der Waals surface area contributed by atoms with Crippen LogP contribution < -0.4 is 10.1 Å². The van der Waals surface area contributed by atoms with Crippen molar-refractivity contribution >= 4 is 22.6 Å². The van der Waals surface area contributed by atoms with Gasteiger partial charge in [-0.25, -0.2) is 4.39 Å². The average molecular weight is 437 g/mol. The van der Waals surface area contributed by atoms with Crippen molar-refractivity contribution in [2.75, 3.05) is 6.61 Å². The van der Waals surface area contributed by atoms with Crippen molar-refractivity contribution in [2.45, 2.75) is 45.8 Å². The van der Waals surface area contributed by atoms with E-state index in [0.717, 1.165) is 16.3 Å². The van der Waals surface area contributed by atoms with Crippen LogP contribution in [-0.2, 0) is 16.1 Å². The standard InChI is InChI=1S/C26H29FN2O3/c1-18(25(31)28-26(2,3)4)29(16-19-12-14-21(27)15-13-19)24(30)17-32-23-11-7-9-20-8-5-6-10-22(20)23/h5-15,18H,16-17H2,1-4H3,(H,28,31)/t18-/m1/s1. The number of amides is 2. The Kier molecular flexibility index (Phi) is 7.13. The predicted molar refractivity (Wildman–Crippen MR) is 124 cm³/mol. The third kappa shape index (κ3) is 6.06. The molecule has 2 amide bonds. The van der Waals surface area contributed by atoms with Crippen LogP contribution in [0.2, 0.25) is 0 Å². The Morgan fingerprint density at radius 1 is 1.00 bits per heavy atom. The van der Waals surface area contributed by atoms with E-state index in [9.17, 15) is 14.0 Å². The highest BCUT2D eigenvalue weighted by atomic mass is 19.1. The zero-order valence-electron chi connectivity index (χ0n) is 18.9. The van der Waals surface area contributed by atoms with E-state index in [0.29, 0.717) is 5.75 Å². The van der Waals surface area contributed by atoms with Gasteiger partial charge in [-0.05, 0) is 56.8 Å². The van der Waals surface area contributed by atoms with E-state index >= 15 is 0 Å². The van der Waals surface area contributed by atoms with Crippen LogP contribution in [0.15, 0.2) is 66.7 Å². The van der Waals surface area contributed by atoms with Crippen LogP contribution in [0.3, 0.4) is 0 Å². The zero-order chi connectivity index (χ0) is 23.3. The minimum atomic E-state index is -0.733. The SMILES string of the molecule is C[C@H](C(=O)NC(C)(C)C)N(Cc1ccc(F)cc1)C(=O)COc1cccc2ccccc12. The molecule has 0 aliphatic carbocycles. The Balaban J connectivity index is 1.80. The van der Waals surface area contributed by atoms with Crippen LogP contribution in [0, 0.1) is 5.82 Å². The van der Waals surface area contributed by atoms with Gasteiger partial charge >= 0.3 is 0 Å². The Hall–Kier alpha value is -3.41. The van der Waals surface area contributed by atoms with Crippen molar-refractivity contribution in [2.24, 2.45) is 0 Å². The average Bonchev–Trinajstić information content (AvgIpc) is 2.75. The van der Waals surface area contributed by atoms with E-state index in [1.165, 1.54) is 17.0 Å². The molecule has 0 saturated carbocycles. The Morgan fingerprint density at radius 3 is 2.34 bits per heavy atom. The van der Waals surface area contributed by atoms with E-state index in [2.05, 4.69) is 5.32 Å². The van der Waals surface area contributed by atoms with Crippen LogP contribution in [0.25, 0.3) is 10.8 Å². The quantitative estimate of drug-likeness (QED) is 0.585. The Morgan fingerprint density at radius 2 is 1.66 bits per heavy atom. The summed E-state index contributed by atoms with van der Waals surface area (Å²) >= 11 is 0. The van der Waals surface area contributed by atoms with Gasteiger partial charge in [-0.2, -0.15) is 0 Å². The molecular formula is C26H29FN2O3. The van der Waals surface area contributed by atoms with Crippen LogP contribution in [0.1, 0.15) is 33.3 Å². The van der Waals surface area contributed by atoms with Gasteiger partial charge in [-0.15, -0.1) is 0 Å². The van der Waals surface area contributed by atoms with Gasteiger partial charge in [0, 0.05) is 17.5 Å². The molecule has 3 aromatic rings. The molecule has 0 aromatic heterocycles. The van der Waals surface area contributed by atoms with E-state index in [1.807, 2.05) is 63.2 Å². The fourth-order valence-electron chi connectivity index (χ4n) is 3.39. The topological polar surface area (TPSA) is 58.6 Å². The Labute approximate surface area is 188 Å². The zero-order valence-corrected chi connectivity index (χ0v) is 18.9. The maximum Gasteiger partial charge on any atom is 0.261 e. The molecule has 0 heterocycles. The number of nitrogens with zero attached hydrogens (tertiary/aromatic N) is 1. The molecule has 0 aliphatic heterocycles. The first kappa shape index (κ1) is 23.3. The monoisotopic (exact) mass is 436 g/mol. The number of halogens is 1. The molecule has 0 spiro atoms. The molecule has 3 aromatic carbocycles. The summed E-state index contributed by atoms with van der Waals surface area (Å²) in [6.45, 7) is 7.27. The molecule has 0 unspecified atom stereocenters. The predicted octanol–water partition coefficient (Wildman–Crippen LogP) is 4.69. The molecule has 32 heavy (non-hydrogen) atoms. The van der Waals surface area contributed by atoms with Gasteiger partial charge in [-0.1, -0.05) is 48.5 Å². The number of ether oxygens (including phenoxy) is 1. The second-order valence-electron chi connectivity index (χ2n) is 8.83. The summed E-state index contributed by atoms with van der Waals surface area (Å²) in [7, 11) is 0. The lowest BCUT2D eigenvalue weighted by Gasteiger charge is -2.31. The van der Waals surface area contributed by atoms with E-state index < -0.39 is 11.6 Å². The van der Waals surface area contributed by atoms with Crippen LogP contribution in [0.4, 0.5) is 4.39 Å². The molecule has 6 heteroatoms. The molecule has 0 radical (unpaired) electrons. The lowest BCUT2D eigenvalue weighted by molar-refractivity contribution is -0.142. The fourth-order valence-corrected chi connectivity index (χ4v) is 3.39. The van der Waals surface area contributed by atoms with Crippen molar-refractivity contribution in [1.29, 1.82) is 0 Å². The highest BCUT2D eigenvalue weighted by molar-refractivity contribution is 5.90. The van der Waals surface area contributed by atoms with Gasteiger partial charge in [0.1, 0.15) is 17.6 Å². The number of hydrogen-bond donors (Lipinski definition) is 1. The van der Waals surface area contributed by atoms with Crippen molar-refractivity contribution in [3.63, 3.8) is 0 Å². The summed E-state index contributed by atoms with van der Waals surface area (Å²) in [6.07, 6.45) is 0. The van der Waals surface area contributed by atoms with E-state index in [1.54, 1.807) is 19.1 Å². The number of nitrogens with one attached hydrogen (secondary N) is 1. The van der Waals surface area contributed by atoms with Gasteiger partial charge in [0.15, 0.2) is 6.61 Å². The summed E-state index contributed by atoms with van der Waals surface area (Å²) < 4.78 is 19.2. The van der Waals surface area contributed by atoms with Gasteiger partial charge in [0.2, 0.25) is 5.91 Å². The number of rotatable bonds is 7. The maximum atomic E-state index is 13.3. The molecular weight excluding hydrogens is 407 g/mol. The van der Waals surface area contributed by atoms with Crippen molar-refractivity contribution in [3.8, 4) is 5.75 Å². The first-order valence-electron chi connectivity index (χ1n) is 10.6. The first-order valence-corrected chi connectivity index (χ1v) is 10.6. The number of hydrogen-bond acceptors (Lipinski definition) is 3. The third-order valence-electron chi connectivity index (χ3n) is 5.03.